The first-order valence-corrected chi connectivity index (χ1v) is 25.3. The number of aliphatic imine (C=N–C) groups is 2. The van der Waals surface area contributed by atoms with E-state index in [1.807, 2.05) is 37.3 Å². The molecule has 8 amide bonds. The molecule has 3 saturated heterocycles. The highest BCUT2D eigenvalue weighted by atomic mass is 16.3. The summed E-state index contributed by atoms with van der Waals surface area (Å²) in [5.41, 5.74) is 23.8. The van der Waals surface area contributed by atoms with Gasteiger partial charge in [0.2, 0.25) is 47.3 Å². The molecule has 73 heavy (non-hydrogen) atoms. The summed E-state index contributed by atoms with van der Waals surface area (Å²) < 4.78 is 0. The van der Waals surface area contributed by atoms with E-state index in [-0.39, 0.29) is 89.5 Å². The number of unbranched alkanes of at least 4 members (excludes halogenated alkanes) is 1. The van der Waals surface area contributed by atoms with Gasteiger partial charge in [-0.1, -0.05) is 80.4 Å². The summed E-state index contributed by atoms with van der Waals surface area (Å²) in [5.74, 6) is -5.97. The molecule has 23 heteroatoms. The minimum Gasteiger partial charge on any atom is -0.394 e. The maximum Gasteiger partial charge on any atom is 0.246 e. The first kappa shape index (κ1) is 56.6. The number of carbonyl (C=O) groups is 8. The smallest absolute Gasteiger partial charge is 0.246 e. The van der Waals surface area contributed by atoms with Crippen LogP contribution in [0.1, 0.15) is 95.1 Å². The zero-order valence-electron chi connectivity index (χ0n) is 41.6. The topological polar surface area (TPSA) is 364 Å². The summed E-state index contributed by atoms with van der Waals surface area (Å²) in [6.07, 6.45) is 3.49. The predicted molar refractivity (Wildman–Crippen MR) is 272 cm³/mol. The first-order valence-electron chi connectivity index (χ1n) is 25.3. The lowest BCUT2D eigenvalue weighted by atomic mass is 10.0. The average Bonchev–Trinajstić information content (AvgIpc) is 4.08. The monoisotopic (exact) mass is 1010 g/mol. The number of nitrogens with two attached hydrogens (primary N) is 4. The van der Waals surface area contributed by atoms with Gasteiger partial charge in [0.05, 0.1) is 6.61 Å². The van der Waals surface area contributed by atoms with Gasteiger partial charge in [0, 0.05) is 32.6 Å². The Kier molecular flexibility index (Phi) is 22.2. The fourth-order valence-corrected chi connectivity index (χ4v) is 9.30. The van der Waals surface area contributed by atoms with Crippen LogP contribution in [0.5, 0.6) is 0 Å². The van der Waals surface area contributed by atoms with Gasteiger partial charge in [-0.3, -0.25) is 48.3 Å². The molecule has 0 radical (unpaired) electrons. The van der Waals surface area contributed by atoms with Crippen LogP contribution >= 0.6 is 0 Å². The molecule has 3 fully saturated rings. The molecular formula is C50H74N14O9. The number of nitrogens with one attached hydrogen (secondary N) is 6. The zero-order chi connectivity index (χ0) is 52.9. The van der Waals surface area contributed by atoms with Crippen LogP contribution in [0, 0.1) is 0 Å². The molecule has 5 rings (SSSR count). The Hall–Kier alpha value is -7.30. The van der Waals surface area contributed by atoms with Crippen molar-refractivity contribution in [2.75, 3.05) is 32.8 Å². The van der Waals surface area contributed by atoms with Gasteiger partial charge in [-0.2, -0.15) is 0 Å². The van der Waals surface area contributed by atoms with Crippen molar-refractivity contribution < 1.29 is 43.5 Å². The molecule has 8 atom stereocenters. The average molecular weight is 1020 g/mol. The van der Waals surface area contributed by atoms with Gasteiger partial charge in [-0.05, 0) is 81.8 Å². The van der Waals surface area contributed by atoms with E-state index in [1.54, 1.807) is 30.3 Å². The third-order valence-electron chi connectivity index (χ3n) is 13.2. The standard InChI is InChI=1S/C50H74N14O9/c1-2-3-18-36-47(72)64-28-13-22-40(64)48(73)63-27-12-21-39(63)46(71)59-34(20-11-26-56-50(53)54)41(66)61-37(29-32-16-8-5-9-17-32)44(69)58-35(24-23-31-14-6-4-7-15-31)43(68)57-33(19-10-25-55-49(51)52)42(67)62-38(30-65)45(70)60-36/h4-9,14-17,33-40,65H,2-3,10-13,18-30H2,1H3,(H,57,68)(H,58,69)(H,59,71)(H,60,70)(H,61,66)(H,62,67)(H4,51,52,55)(H4,53,54,56)/t33-,34-,35-,36-,37-,38-,39-,40+/m0/s1. The van der Waals surface area contributed by atoms with Crippen LogP contribution in [-0.4, -0.2) is 155 Å². The van der Waals surface area contributed by atoms with Crippen LogP contribution in [0.25, 0.3) is 0 Å². The van der Waals surface area contributed by atoms with E-state index in [0.717, 1.165) is 5.56 Å². The zero-order valence-corrected chi connectivity index (χ0v) is 41.6. The molecular weight excluding hydrogens is 941 g/mol. The van der Waals surface area contributed by atoms with Crippen LogP contribution in [0.2, 0.25) is 0 Å². The Balaban J connectivity index is 1.57. The van der Waals surface area contributed by atoms with E-state index < -0.39 is 102 Å². The van der Waals surface area contributed by atoms with Crippen LogP contribution in [-0.2, 0) is 51.2 Å². The number of benzene rings is 2. The Labute approximate surface area is 425 Å². The second kappa shape index (κ2) is 28.7. The van der Waals surface area contributed by atoms with Crippen LogP contribution < -0.4 is 54.8 Å². The number of guanidine groups is 2. The lowest BCUT2D eigenvalue weighted by molar-refractivity contribution is -0.148. The van der Waals surface area contributed by atoms with E-state index in [9.17, 15) is 43.5 Å². The molecule has 2 aromatic rings. The van der Waals surface area contributed by atoms with Crippen molar-refractivity contribution >= 4 is 59.2 Å². The van der Waals surface area contributed by atoms with Crippen molar-refractivity contribution in [2.45, 2.75) is 145 Å². The number of amides is 8. The van der Waals surface area contributed by atoms with E-state index in [2.05, 4.69) is 41.9 Å². The highest BCUT2D eigenvalue weighted by molar-refractivity contribution is 5.99. The molecule has 398 valence electrons. The molecule has 0 aromatic heterocycles. The molecule has 15 N–H and O–H groups in total. The van der Waals surface area contributed by atoms with Gasteiger partial charge in [0.1, 0.15) is 48.3 Å². The molecule has 0 unspecified atom stereocenters. The van der Waals surface area contributed by atoms with E-state index in [0.29, 0.717) is 44.1 Å². The molecule has 0 bridgehead atoms. The highest BCUT2D eigenvalue weighted by Gasteiger charge is 2.44. The van der Waals surface area contributed by atoms with Gasteiger partial charge in [-0.15, -0.1) is 0 Å². The normalized spacial score (nSPS) is 24.9. The highest BCUT2D eigenvalue weighted by Crippen LogP contribution is 2.27. The molecule has 0 saturated carbocycles. The van der Waals surface area contributed by atoms with Crippen LogP contribution in [0.15, 0.2) is 70.6 Å². The Bertz CT molecular complexity index is 2260. The number of carbonyl (C=O) groups excluding carboxylic acids is 8. The van der Waals surface area contributed by atoms with E-state index in [1.165, 1.54) is 9.80 Å². The van der Waals surface area contributed by atoms with Crippen LogP contribution in [0.3, 0.4) is 0 Å². The summed E-state index contributed by atoms with van der Waals surface area (Å²) in [5, 5.41) is 27.0. The summed E-state index contributed by atoms with van der Waals surface area (Å²) in [6, 6.07) is 8.10. The van der Waals surface area contributed by atoms with Gasteiger partial charge in [0.25, 0.3) is 0 Å². The molecule has 0 spiro atoms. The number of hydrogen-bond donors (Lipinski definition) is 11. The summed E-state index contributed by atoms with van der Waals surface area (Å²) in [7, 11) is 0. The first-order chi connectivity index (χ1) is 35.1. The fourth-order valence-electron chi connectivity index (χ4n) is 9.30. The number of fused-ring (bicyclic) bond motifs is 2. The molecule has 2 aromatic carbocycles. The third-order valence-corrected chi connectivity index (χ3v) is 13.2. The molecule has 3 aliphatic rings. The molecule has 23 nitrogen and oxygen atoms in total. The van der Waals surface area contributed by atoms with Crippen LogP contribution in [0.4, 0.5) is 0 Å². The summed E-state index contributed by atoms with van der Waals surface area (Å²) in [4.78, 5) is 126. The minimum absolute atomic E-state index is 0.0242. The van der Waals surface area contributed by atoms with Crippen molar-refractivity contribution in [1.82, 2.24) is 41.7 Å². The quantitative estimate of drug-likeness (QED) is 0.0467. The Morgan fingerprint density at radius 1 is 0.521 bits per heavy atom. The lowest BCUT2D eigenvalue weighted by Crippen LogP contribution is -2.61. The van der Waals surface area contributed by atoms with Crippen molar-refractivity contribution in [1.29, 1.82) is 0 Å². The Morgan fingerprint density at radius 3 is 1.48 bits per heavy atom. The second-order valence-electron chi connectivity index (χ2n) is 18.7. The van der Waals surface area contributed by atoms with Gasteiger partial charge in [0.15, 0.2) is 11.9 Å². The summed E-state index contributed by atoms with van der Waals surface area (Å²) in [6.45, 7) is 1.60. The van der Waals surface area contributed by atoms with E-state index >= 15 is 0 Å². The maximum absolute atomic E-state index is 14.7. The predicted octanol–water partition coefficient (Wildman–Crippen LogP) is -1.94. The molecule has 3 aliphatic heterocycles. The number of nitrogens with zero attached hydrogens (tertiary/aromatic N) is 4. The Morgan fingerprint density at radius 2 is 0.945 bits per heavy atom. The van der Waals surface area contributed by atoms with Crippen molar-refractivity contribution in [2.24, 2.45) is 32.9 Å². The number of hydrogen-bond acceptors (Lipinski definition) is 11. The van der Waals surface area contributed by atoms with Crippen molar-refractivity contribution in [3.8, 4) is 0 Å². The number of aliphatic hydroxyl groups excluding tert-OH is 1. The SMILES string of the molecule is CCCC[C@@H]1NC(=O)[C@H](CO)NC(=O)[C@H](CCCN=C(N)N)NC(=O)[C@H](CCc2ccccc2)NC(=O)[C@H](Cc2ccccc2)NC(=O)[C@H](CCCN=C(N)N)NC(=O)[C@@H]2CCCN2C(=O)[C@H]2CCCN2C1=O. The fraction of sp³-hybridized carbons (Fsp3) is 0.560. The largest absolute Gasteiger partial charge is 0.394 e. The number of rotatable bonds is 17. The third kappa shape index (κ3) is 17.2. The summed E-state index contributed by atoms with van der Waals surface area (Å²) >= 11 is 0. The molecule has 0 aliphatic carbocycles. The maximum atomic E-state index is 14.7. The minimum atomic E-state index is -1.58. The van der Waals surface area contributed by atoms with E-state index in [4.69, 9.17) is 22.9 Å². The molecule has 3 heterocycles. The van der Waals surface area contributed by atoms with Gasteiger partial charge in [-0.25, -0.2) is 0 Å². The van der Waals surface area contributed by atoms with Gasteiger partial charge < -0.3 is 69.7 Å². The van der Waals surface area contributed by atoms with Gasteiger partial charge >= 0.3 is 0 Å². The number of aryl methyl sites for hydroxylation is 1. The lowest BCUT2D eigenvalue weighted by Gasteiger charge is -2.34. The second-order valence-corrected chi connectivity index (χ2v) is 18.7. The van der Waals surface area contributed by atoms with Crippen molar-refractivity contribution in [3.63, 3.8) is 0 Å². The van der Waals surface area contributed by atoms with Crippen molar-refractivity contribution in [3.05, 3.63) is 71.8 Å². The number of aliphatic hydroxyl groups is 1.